The number of carbonyl (C=O) groups excluding carboxylic acids is 1. The van der Waals surface area contributed by atoms with E-state index < -0.39 is 16.1 Å². The predicted molar refractivity (Wildman–Crippen MR) is 95.7 cm³/mol. The molecule has 0 spiro atoms. The van der Waals surface area contributed by atoms with E-state index in [-0.39, 0.29) is 11.8 Å². The first kappa shape index (κ1) is 18.9. The van der Waals surface area contributed by atoms with Gasteiger partial charge in [0.25, 0.3) is 0 Å². The number of sulfonamides is 1. The van der Waals surface area contributed by atoms with Crippen LogP contribution in [0.4, 0.5) is 0 Å². The molecule has 1 aromatic carbocycles. The molecule has 1 aliphatic rings. The molecule has 134 valence electrons. The lowest BCUT2D eigenvalue weighted by molar-refractivity contribution is -0.128. The molecule has 1 amide bonds. The van der Waals surface area contributed by atoms with Gasteiger partial charge < -0.3 is 5.32 Å². The van der Waals surface area contributed by atoms with Crippen LogP contribution in [0.15, 0.2) is 4.90 Å². The van der Waals surface area contributed by atoms with Crippen LogP contribution in [0.25, 0.3) is 0 Å². The van der Waals surface area contributed by atoms with Gasteiger partial charge in [-0.25, -0.2) is 8.42 Å². The van der Waals surface area contributed by atoms with Crippen molar-refractivity contribution in [3.63, 3.8) is 0 Å². The quantitative estimate of drug-likeness (QED) is 0.908. The molecule has 0 aromatic heterocycles. The van der Waals surface area contributed by atoms with E-state index in [1.807, 2.05) is 48.5 Å². The maximum atomic E-state index is 13.5. The van der Waals surface area contributed by atoms with Gasteiger partial charge in [0.05, 0.1) is 4.90 Å². The van der Waals surface area contributed by atoms with Gasteiger partial charge in [0, 0.05) is 13.1 Å². The minimum atomic E-state index is -3.74. The van der Waals surface area contributed by atoms with Crippen LogP contribution in [-0.4, -0.2) is 37.8 Å². The summed E-state index contributed by atoms with van der Waals surface area (Å²) in [4.78, 5) is 12.6. The van der Waals surface area contributed by atoms with E-state index in [4.69, 9.17) is 0 Å². The second-order valence-corrected chi connectivity index (χ2v) is 8.88. The highest BCUT2D eigenvalue weighted by Crippen LogP contribution is 2.33. The standard InChI is InChI=1S/C18H28N2O3S/c1-10(2)16-18(21)19-8-9-20(16)24(22,23)17-14(6)12(4)11(3)13(5)15(17)7/h10,16H,8-9H2,1-7H3,(H,19,21). The van der Waals surface area contributed by atoms with Gasteiger partial charge in [-0.05, 0) is 68.4 Å². The van der Waals surface area contributed by atoms with Crippen LogP contribution in [0.2, 0.25) is 0 Å². The van der Waals surface area contributed by atoms with Gasteiger partial charge in [0.1, 0.15) is 6.04 Å². The molecule has 1 N–H and O–H groups in total. The fourth-order valence-corrected chi connectivity index (χ4v) is 5.82. The molecule has 1 unspecified atom stereocenters. The predicted octanol–water partition coefficient (Wildman–Crippen LogP) is 2.37. The fourth-order valence-electron chi connectivity index (χ4n) is 3.54. The number of piperazine rings is 1. The maximum absolute atomic E-state index is 13.5. The summed E-state index contributed by atoms with van der Waals surface area (Å²) in [5.41, 5.74) is 4.69. The molecular formula is C18H28N2O3S. The molecule has 5 nitrogen and oxygen atoms in total. The van der Waals surface area contributed by atoms with E-state index in [0.717, 1.165) is 27.8 Å². The second kappa shape index (κ2) is 6.48. The third-order valence-corrected chi connectivity index (χ3v) is 7.50. The average molecular weight is 353 g/mol. The molecule has 0 saturated carbocycles. The van der Waals surface area contributed by atoms with Crippen molar-refractivity contribution in [2.75, 3.05) is 13.1 Å². The smallest absolute Gasteiger partial charge is 0.244 e. The Morgan fingerprint density at radius 2 is 1.42 bits per heavy atom. The van der Waals surface area contributed by atoms with E-state index in [0.29, 0.717) is 18.0 Å². The number of benzene rings is 1. The van der Waals surface area contributed by atoms with Gasteiger partial charge in [-0.2, -0.15) is 4.31 Å². The van der Waals surface area contributed by atoms with Crippen LogP contribution in [0.1, 0.15) is 41.7 Å². The molecule has 1 atom stereocenters. The second-order valence-electron chi connectivity index (χ2n) is 7.05. The number of hydrogen-bond donors (Lipinski definition) is 1. The van der Waals surface area contributed by atoms with Crippen LogP contribution >= 0.6 is 0 Å². The monoisotopic (exact) mass is 352 g/mol. The van der Waals surface area contributed by atoms with Gasteiger partial charge in [0.15, 0.2) is 0 Å². The molecule has 2 rings (SSSR count). The Bertz CT molecular complexity index is 753. The summed E-state index contributed by atoms with van der Waals surface area (Å²) >= 11 is 0. The Labute approximate surface area is 145 Å². The number of rotatable bonds is 3. The fraction of sp³-hybridized carbons (Fsp3) is 0.611. The van der Waals surface area contributed by atoms with Crippen molar-refractivity contribution in [1.82, 2.24) is 9.62 Å². The third-order valence-electron chi connectivity index (χ3n) is 5.34. The van der Waals surface area contributed by atoms with Gasteiger partial charge in [-0.15, -0.1) is 0 Å². The highest BCUT2D eigenvalue weighted by Gasteiger charge is 2.41. The molecule has 0 aliphatic carbocycles. The zero-order valence-electron chi connectivity index (χ0n) is 15.6. The zero-order valence-corrected chi connectivity index (χ0v) is 16.5. The highest BCUT2D eigenvalue weighted by molar-refractivity contribution is 7.89. The molecular weight excluding hydrogens is 324 g/mol. The summed E-state index contributed by atoms with van der Waals surface area (Å²) in [5, 5.41) is 2.78. The number of nitrogens with zero attached hydrogens (tertiary/aromatic N) is 1. The Balaban J connectivity index is 2.69. The van der Waals surface area contributed by atoms with Crippen molar-refractivity contribution in [1.29, 1.82) is 0 Å². The Morgan fingerprint density at radius 3 is 1.88 bits per heavy atom. The first-order chi connectivity index (χ1) is 11.0. The minimum absolute atomic E-state index is 0.0895. The molecule has 1 aliphatic heterocycles. The summed E-state index contributed by atoms with van der Waals surface area (Å²) in [6.07, 6.45) is 0. The van der Waals surface area contributed by atoms with E-state index >= 15 is 0 Å². The summed E-state index contributed by atoms with van der Waals surface area (Å²) in [6.45, 7) is 14.1. The molecule has 1 fully saturated rings. The summed E-state index contributed by atoms with van der Waals surface area (Å²) in [7, 11) is -3.74. The van der Waals surface area contributed by atoms with Crippen molar-refractivity contribution in [3.8, 4) is 0 Å². The van der Waals surface area contributed by atoms with Gasteiger partial charge >= 0.3 is 0 Å². The topological polar surface area (TPSA) is 66.5 Å². The van der Waals surface area contributed by atoms with Gasteiger partial charge in [-0.3, -0.25) is 4.79 Å². The van der Waals surface area contributed by atoms with Crippen LogP contribution in [0.5, 0.6) is 0 Å². The first-order valence-corrected chi connectivity index (χ1v) is 9.82. The van der Waals surface area contributed by atoms with Crippen LogP contribution in [-0.2, 0) is 14.8 Å². The van der Waals surface area contributed by atoms with Crippen molar-refractivity contribution in [2.45, 2.75) is 59.4 Å². The lowest BCUT2D eigenvalue weighted by Crippen LogP contribution is -2.59. The molecule has 24 heavy (non-hydrogen) atoms. The van der Waals surface area contributed by atoms with Crippen LogP contribution < -0.4 is 5.32 Å². The minimum Gasteiger partial charge on any atom is -0.353 e. The number of nitrogens with one attached hydrogen (secondary N) is 1. The average Bonchev–Trinajstić information content (AvgIpc) is 2.50. The number of carbonyl (C=O) groups is 1. The van der Waals surface area contributed by atoms with Crippen molar-refractivity contribution < 1.29 is 13.2 Å². The zero-order chi connectivity index (χ0) is 18.4. The van der Waals surface area contributed by atoms with E-state index in [2.05, 4.69) is 5.32 Å². The largest absolute Gasteiger partial charge is 0.353 e. The third kappa shape index (κ3) is 2.86. The molecule has 1 saturated heterocycles. The maximum Gasteiger partial charge on any atom is 0.244 e. The lowest BCUT2D eigenvalue weighted by atomic mass is 9.95. The van der Waals surface area contributed by atoms with E-state index in [9.17, 15) is 13.2 Å². The molecule has 0 radical (unpaired) electrons. The number of amides is 1. The first-order valence-electron chi connectivity index (χ1n) is 8.38. The van der Waals surface area contributed by atoms with Crippen LogP contribution in [0.3, 0.4) is 0 Å². The molecule has 6 heteroatoms. The normalized spacial score (nSPS) is 19.7. The van der Waals surface area contributed by atoms with Crippen molar-refractivity contribution in [3.05, 3.63) is 27.8 Å². The molecule has 1 aromatic rings. The Kier molecular flexibility index (Phi) is 5.11. The summed E-state index contributed by atoms with van der Waals surface area (Å²) in [6, 6.07) is -0.663. The van der Waals surface area contributed by atoms with Crippen molar-refractivity contribution >= 4 is 15.9 Å². The summed E-state index contributed by atoms with van der Waals surface area (Å²) in [5.74, 6) is -0.302. The Hall–Kier alpha value is -1.40. The SMILES string of the molecule is Cc1c(C)c(C)c(S(=O)(=O)N2CCNC(=O)C2C(C)C)c(C)c1C. The lowest BCUT2D eigenvalue weighted by Gasteiger charge is -2.37. The highest BCUT2D eigenvalue weighted by atomic mass is 32.2. The van der Waals surface area contributed by atoms with Gasteiger partial charge in [-0.1, -0.05) is 13.8 Å². The van der Waals surface area contributed by atoms with Gasteiger partial charge in [0.2, 0.25) is 15.9 Å². The van der Waals surface area contributed by atoms with Crippen LogP contribution in [0, 0.1) is 40.5 Å². The Morgan fingerprint density at radius 1 is 0.958 bits per heavy atom. The summed E-state index contributed by atoms with van der Waals surface area (Å²) < 4.78 is 28.3. The number of hydrogen-bond acceptors (Lipinski definition) is 3. The van der Waals surface area contributed by atoms with E-state index in [1.165, 1.54) is 4.31 Å². The van der Waals surface area contributed by atoms with Crippen molar-refractivity contribution in [2.24, 2.45) is 5.92 Å². The molecule has 1 heterocycles. The molecule has 0 bridgehead atoms. The van der Waals surface area contributed by atoms with E-state index in [1.54, 1.807) is 0 Å².